The summed E-state index contributed by atoms with van der Waals surface area (Å²) < 4.78 is 1.81. The molecule has 4 rings (SSSR count). The maximum Gasteiger partial charge on any atom is 0.235 e. The molecule has 0 radical (unpaired) electrons. The lowest BCUT2D eigenvalue weighted by Gasteiger charge is -1.97. The monoisotopic (exact) mass is 332 g/mol. The Morgan fingerprint density at radius 2 is 1.50 bits per heavy atom. The third-order valence-electron chi connectivity index (χ3n) is 3.81. The van der Waals surface area contributed by atoms with Crippen molar-refractivity contribution >= 4 is 28.4 Å². The van der Waals surface area contributed by atoms with Gasteiger partial charge in [-0.15, -0.1) is 10.2 Å². The van der Waals surface area contributed by atoms with Gasteiger partial charge in [-0.25, -0.2) is 0 Å². The Labute approximate surface area is 144 Å². The fourth-order valence-electron chi connectivity index (χ4n) is 2.43. The van der Waals surface area contributed by atoms with E-state index in [2.05, 4.69) is 71.6 Å². The molecular weight excluding hydrogens is 316 g/mol. The molecular formula is C19H16N4S. The van der Waals surface area contributed by atoms with Crippen molar-refractivity contribution in [3.63, 3.8) is 0 Å². The summed E-state index contributed by atoms with van der Waals surface area (Å²) in [6.07, 6.45) is 4.08. The number of hydrogen-bond acceptors (Lipinski definition) is 4. The molecule has 0 fully saturated rings. The summed E-state index contributed by atoms with van der Waals surface area (Å²) in [4.78, 5) is 0.800. The second-order valence-corrected chi connectivity index (χ2v) is 6.76. The molecule has 118 valence electrons. The van der Waals surface area contributed by atoms with E-state index >= 15 is 0 Å². The van der Waals surface area contributed by atoms with Gasteiger partial charge >= 0.3 is 0 Å². The van der Waals surface area contributed by atoms with Gasteiger partial charge in [-0.1, -0.05) is 77.1 Å². The van der Waals surface area contributed by atoms with Crippen LogP contribution in [0.3, 0.4) is 0 Å². The maximum atomic E-state index is 4.63. The molecule has 0 amide bonds. The van der Waals surface area contributed by atoms with Crippen LogP contribution in [-0.4, -0.2) is 19.8 Å². The molecule has 2 heterocycles. The number of nitrogens with zero attached hydrogens (tertiary/aromatic N) is 4. The first-order chi connectivity index (χ1) is 11.7. The molecule has 0 N–H and O–H groups in total. The summed E-state index contributed by atoms with van der Waals surface area (Å²) >= 11 is 1.53. The van der Waals surface area contributed by atoms with E-state index in [1.54, 1.807) is 0 Å². The Balaban J connectivity index is 1.66. The van der Waals surface area contributed by atoms with Gasteiger partial charge in [0, 0.05) is 5.56 Å². The summed E-state index contributed by atoms with van der Waals surface area (Å²) in [5.41, 5.74) is 4.66. The highest BCUT2D eigenvalue weighted by Crippen LogP contribution is 2.23. The highest BCUT2D eigenvalue weighted by Gasteiger charge is 2.12. The summed E-state index contributed by atoms with van der Waals surface area (Å²) in [6, 6.07) is 16.6. The van der Waals surface area contributed by atoms with Crippen molar-refractivity contribution in [2.45, 2.75) is 13.8 Å². The second kappa shape index (κ2) is 6.02. The Kier molecular flexibility index (Phi) is 3.70. The molecule has 0 aliphatic rings. The van der Waals surface area contributed by atoms with Crippen LogP contribution in [0.15, 0.2) is 48.5 Å². The average Bonchev–Trinajstić information content (AvgIpc) is 3.15. The summed E-state index contributed by atoms with van der Waals surface area (Å²) in [5, 5.41) is 14.0. The van der Waals surface area contributed by atoms with Crippen molar-refractivity contribution in [3.05, 3.63) is 70.2 Å². The quantitative estimate of drug-likeness (QED) is 0.549. The van der Waals surface area contributed by atoms with Gasteiger partial charge in [0.2, 0.25) is 4.96 Å². The lowest BCUT2D eigenvalue weighted by Crippen LogP contribution is -1.90. The third-order valence-corrected chi connectivity index (χ3v) is 4.68. The van der Waals surface area contributed by atoms with Gasteiger partial charge in [0.05, 0.1) is 0 Å². The van der Waals surface area contributed by atoms with Crippen LogP contribution in [0, 0.1) is 13.8 Å². The highest BCUT2D eigenvalue weighted by molar-refractivity contribution is 7.17. The minimum Gasteiger partial charge on any atom is -0.182 e. The average molecular weight is 332 g/mol. The third kappa shape index (κ3) is 2.86. The smallest absolute Gasteiger partial charge is 0.182 e. The fraction of sp³-hybridized carbons (Fsp3) is 0.105. The first-order valence-corrected chi connectivity index (χ1v) is 8.55. The number of hydrogen-bond donors (Lipinski definition) is 0. The molecule has 24 heavy (non-hydrogen) atoms. The van der Waals surface area contributed by atoms with Gasteiger partial charge in [-0.2, -0.15) is 9.61 Å². The van der Waals surface area contributed by atoms with E-state index in [9.17, 15) is 0 Å². The second-order valence-electron chi connectivity index (χ2n) is 5.77. The number of aryl methyl sites for hydroxylation is 2. The van der Waals surface area contributed by atoms with Gasteiger partial charge in [0.25, 0.3) is 0 Å². The molecule has 0 atom stereocenters. The molecule has 0 saturated carbocycles. The van der Waals surface area contributed by atoms with Crippen molar-refractivity contribution in [2.75, 3.05) is 0 Å². The minimum absolute atomic E-state index is 0.774. The molecule has 0 aliphatic heterocycles. The number of rotatable bonds is 3. The molecule has 0 unspecified atom stereocenters. The van der Waals surface area contributed by atoms with E-state index < -0.39 is 0 Å². The van der Waals surface area contributed by atoms with Crippen LogP contribution in [0.5, 0.6) is 0 Å². The standard InChI is InChI=1S/C19H16N4S/c1-13-3-7-15(8-4-13)9-12-17-22-23-18(20-21-19(23)24-17)16-10-5-14(2)6-11-16/h3-12H,1-2H3/b12-9+. The first-order valence-electron chi connectivity index (χ1n) is 7.73. The van der Waals surface area contributed by atoms with Crippen LogP contribution in [0.2, 0.25) is 0 Å². The van der Waals surface area contributed by atoms with E-state index in [0.717, 1.165) is 26.9 Å². The Morgan fingerprint density at radius 1 is 0.833 bits per heavy atom. The van der Waals surface area contributed by atoms with E-state index in [0.29, 0.717) is 0 Å². The first kappa shape index (κ1) is 14.8. The van der Waals surface area contributed by atoms with Crippen LogP contribution in [0.1, 0.15) is 21.7 Å². The topological polar surface area (TPSA) is 43.1 Å². The molecule has 0 aliphatic carbocycles. The van der Waals surface area contributed by atoms with Gasteiger partial charge in [0.1, 0.15) is 5.01 Å². The van der Waals surface area contributed by atoms with Gasteiger partial charge in [-0.05, 0) is 25.5 Å². The zero-order valence-corrected chi connectivity index (χ0v) is 14.3. The van der Waals surface area contributed by atoms with Gasteiger partial charge in [0.15, 0.2) is 5.82 Å². The van der Waals surface area contributed by atoms with E-state index in [1.807, 2.05) is 22.7 Å². The zero-order valence-electron chi connectivity index (χ0n) is 13.5. The molecule has 0 spiro atoms. The van der Waals surface area contributed by atoms with E-state index in [1.165, 1.54) is 22.5 Å². The summed E-state index contributed by atoms with van der Waals surface area (Å²) in [7, 11) is 0. The van der Waals surface area contributed by atoms with Crippen LogP contribution >= 0.6 is 11.3 Å². The lowest BCUT2D eigenvalue weighted by atomic mass is 10.1. The van der Waals surface area contributed by atoms with Crippen molar-refractivity contribution < 1.29 is 0 Å². The molecule has 5 heteroatoms. The SMILES string of the molecule is Cc1ccc(/C=C/c2nn3c(-c4ccc(C)cc4)nnc3s2)cc1. The Bertz CT molecular complexity index is 1010. The van der Waals surface area contributed by atoms with Crippen LogP contribution in [0.4, 0.5) is 0 Å². The van der Waals surface area contributed by atoms with Crippen molar-refractivity contribution in [1.29, 1.82) is 0 Å². The van der Waals surface area contributed by atoms with Crippen molar-refractivity contribution in [3.8, 4) is 11.4 Å². The predicted octanol–water partition coefficient (Wildman–Crippen LogP) is 4.64. The maximum absolute atomic E-state index is 4.63. The predicted molar refractivity (Wildman–Crippen MR) is 98.9 cm³/mol. The summed E-state index contributed by atoms with van der Waals surface area (Å²) in [5.74, 6) is 0.774. The van der Waals surface area contributed by atoms with Crippen molar-refractivity contribution in [1.82, 2.24) is 19.8 Å². The molecule has 4 aromatic rings. The number of fused-ring (bicyclic) bond motifs is 1. The molecule has 2 aromatic heterocycles. The zero-order chi connectivity index (χ0) is 16.5. The van der Waals surface area contributed by atoms with E-state index in [4.69, 9.17) is 0 Å². The largest absolute Gasteiger partial charge is 0.235 e. The fourth-order valence-corrected chi connectivity index (χ4v) is 3.17. The molecule has 0 bridgehead atoms. The Morgan fingerprint density at radius 3 is 2.21 bits per heavy atom. The van der Waals surface area contributed by atoms with Crippen molar-refractivity contribution in [2.24, 2.45) is 0 Å². The minimum atomic E-state index is 0.774. The van der Waals surface area contributed by atoms with Crippen LogP contribution in [0.25, 0.3) is 28.5 Å². The van der Waals surface area contributed by atoms with Crippen LogP contribution in [-0.2, 0) is 0 Å². The van der Waals surface area contributed by atoms with Gasteiger partial charge < -0.3 is 0 Å². The summed E-state index contributed by atoms with van der Waals surface area (Å²) in [6.45, 7) is 4.16. The van der Waals surface area contributed by atoms with Crippen LogP contribution < -0.4 is 0 Å². The molecule has 0 saturated heterocycles. The number of benzene rings is 2. The Hall–Kier alpha value is -2.79. The molecule has 2 aromatic carbocycles. The normalized spacial score (nSPS) is 11.6. The van der Waals surface area contributed by atoms with Gasteiger partial charge in [-0.3, -0.25) is 0 Å². The number of aromatic nitrogens is 4. The highest BCUT2D eigenvalue weighted by atomic mass is 32.1. The van der Waals surface area contributed by atoms with E-state index in [-0.39, 0.29) is 0 Å². The molecule has 4 nitrogen and oxygen atoms in total. The lowest BCUT2D eigenvalue weighted by molar-refractivity contribution is 0.959.